The van der Waals surface area contributed by atoms with Crippen molar-refractivity contribution in [1.82, 2.24) is 0 Å². The summed E-state index contributed by atoms with van der Waals surface area (Å²) in [4.78, 5) is 21.4. The summed E-state index contributed by atoms with van der Waals surface area (Å²) in [5, 5.41) is 61.1. The number of ether oxygens (including phenoxy) is 4. The van der Waals surface area contributed by atoms with Crippen LogP contribution in [-0.4, -0.2) is 51.2 Å². The number of aliphatic carboxylic acids is 2. The quantitative estimate of drug-likeness (QED) is 0.0408. The van der Waals surface area contributed by atoms with E-state index in [-0.39, 0.29) is 166 Å². The van der Waals surface area contributed by atoms with Crippen LogP contribution in [0.3, 0.4) is 0 Å². The third-order valence-electron chi connectivity index (χ3n) is 8.30. The van der Waals surface area contributed by atoms with Crippen LogP contribution < -0.4 is 57.6 Å². The number of nitrogens with zero attached hydrogens (tertiary/aromatic N) is 4. The molecule has 360 valence electrons. The minimum atomic E-state index is -1.66. The van der Waals surface area contributed by atoms with Crippen molar-refractivity contribution in [2.24, 2.45) is 0 Å². The van der Waals surface area contributed by atoms with Crippen LogP contribution in [0.5, 0.6) is 23.0 Å². The number of aromatic nitrogens is 4. The van der Waals surface area contributed by atoms with E-state index >= 15 is 0 Å². The van der Waals surface area contributed by atoms with E-state index in [1.165, 1.54) is 9.13 Å². The van der Waals surface area contributed by atoms with Gasteiger partial charge in [-0.25, -0.2) is 9.13 Å². The maximum atomic E-state index is 10.9. The first-order valence-corrected chi connectivity index (χ1v) is 18.7. The van der Waals surface area contributed by atoms with Gasteiger partial charge < -0.3 is 92.0 Å². The Hall–Kier alpha value is -3.64. The van der Waals surface area contributed by atoms with E-state index in [9.17, 15) is 30.0 Å². The number of pyridine rings is 4. The smallest absolute Gasteiger partial charge is 0.870 e. The Kier molecular flexibility index (Phi) is 43.1. The molecular formula is C44H57La3N4O18+10. The molecule has 0 bridgehead atoms. The summed E-state index contributed by atoms with van der Waals surface area (Å²) < 4.78 is 29.2. The number of carboxylic acid groups (broad SMARTS) is 2. The molecule has 0 aliphatic carbocycles. The summed E-state index contributed by atoms with van der Waals surface area (Å²) >= 11 is 0. The first-order valence-electron chi connectivity index (χ1n) is 18.7. The van der Waals surface area contributed by atoms with E-state index < -0.39 is 24.5 Å². The van der Waals surface area contributed by atoms with Crippen LogP contribution in [0.25, 0.3) is 0 Å². The van der Waals surface area contributed by atoms with Crippen molar-refractivity contribution >= 4 is 11.9 Å². The molecule has 0 saturated heterocycles. The molecule has 6 aromatic rings. The molecule has 6 rings (SSSR count). The first-order chi connectivity index (χ1) is 28.9. The average molecular weight is 1350 g/mol. The van der Waals surface area contributed by atoms with Crippen LogP contribution in [-0.2, 0) is 78.6 Å². The second kappa shape index (κ2) is 40.0. The zero-order valence-corrected chi connectivity index (χ0v) is 48.2. The molecule has 0 aliphatic rings. The topological polar surface area (TPSA) is 410 Å². The van der Waals surface area contributed by atoms with Gasteiger partial charge in [0.25, 0.3) is 0 Å². The fourth-order valence-corrected chi connectivity index (χ4v) is 5.66. The summed E-state index contributed by atoms with van der Waals surface area (Å²) in [5.41, 5.74) is 3.40. The minimum absolute atomic E-state index is 0. The summed E-state index contributed by atoms with van der Waals surface area (Å²) in [6, 6.07) is 28.8. The molecule has 0 saturated carbocycles. The largest absolute Gasteiger partial charge is 3.00 e. The second-order valence-electron chi connectivity index (χ2n) is 13.3. The number of carbonyl (C=O) groups excluding carboxylic acids is 2. The average Bonchev–Trinajstić information content (AvgIpc) is 3.21. The van der Waals surface area contributed by atoms with Gasteiger partial charge in [-0.05, 0) is 72.8 Å². The van der Waals surface area contributed by atoms with Crippen molar-refractivity contribution in [3.63, 3.8) is 0 Å². The predicted molar refractivity (Wildman–Crippen MR) is 221 cm³/mol. The Labute approximate surface area is 481 Å². The Morgan fingerprint density at radius 3 is 0.884 bits per heavy atom. The Morgan fingerprint density at radius 1 is 0.449 bits per heavy atom. The van der Waals surface area contributed by atoms with Crippen LogP contribution in [0.15, 0.2) is 147 Å². The standard InChI is InChI=1S/2C22H22N2O6.3La.6H2O/c2*25-21(26)13-23-9-1-3-17(11-23)15-29-19-5-7-20(8-6-19)30-16-18-4-2-10-24(12-18)14-22(27)28;;;;;;;;;/h2*1-12,21,25H,13-16H2;;;;6*1H2/q;;3*+3;;;;;;/p+1. The Bertz CT molecular complexity index is 2140. The van der Waals surface area contributed by atoms with Crippen molar-refractivity contribution in [3.8, 4) is 23.0 Å². The molecule has 2 unspecified atom stereocenters. The van der Waals surface area contributed by atoms with Crippen LogP contribution in [0.1, 0.15) is 22.3 Å². The van der Waals surface area contributed by atoms with Gasteiger partial charge in [0.2, 0.25) is 0 Å². The van der Waals surface area contributed by atoms with E-state index in [1.807, 2.05) is 24.3 Å². The third kappa shape index (κ3) is 29.3. The zero-order valence-electron chi connectivity index (χ0n) is 37.3. The molecule has 0 radical (unpaired) electrons. The van der Waals surface area contributed by atoms with Gasteiger partial charge >= 0.3 is 107 Å². The van der Waals surface area contributed by atoms with Crippen LogP contribution in [0.4, 0.5) is 0 Å². The van der Waals surface area contributed by atoms with Crippen LogP contribution >= 0.6 is 0 Å². The van der Waals surface area contributed by atoms with Crippen molar-refractivity contribution in [1.29, 1.82) is 0 Å². The molecule has 0 aliphatic heterocycles. The number of rotatable bonds is 20. The first kappa shape index (κ1) is 74.3. The Morgan fingerprint density at radius 2 is 0.667 bits per heavy atom. The molecule has 2 atom stereocenters. The molecule has 25 heteroatoms. The van der Waals surface area contributed by atoms with Gasteiger partial charge in [0, 0.05) is 36.8 Å². The van der Waals surface area contributed by atoms with Crippen molar-refractivity contribution in [2.45, 2.75) is 65.2 Å². The fraction of sp³-hybridized carbons (Fsp3) is 0.227. The van der Waals surface area contributed by atoms with Gasteiger partial charge in [0.15, 0.2) is 75.8 Å². The van der Waals surface area contributed by atoms with Crippen molar-refractivity contribution in [2.75, 3.05) is 0 Å². The molecule has 22 nitrogen and oxygen atoms in total. The molecule has 69 heavy (non-hydrogen) atoms. The van der Waals surface area contributed by atoms with Gasteiger partial charge in [-0.3, -0.25) is 0 Å². The molecule has 4 aromatic heterocycles. The molecule has 2 aromatic carbocycles. The predicted octanol–water partition coefficient (Wildman–Crippen LogP) is -6.25. The summed E-state index contributed by atoms with van der Waals surface area (Å²) in [7, 11) is 0. The summed E-state index contributed by atoms with van der Waals surface area (Å²) in [5.74, 6) is 0.324. The zero-order chi connectivity index (χ0) is 42.7. The van der Waals surface area contributed by atoms with Gasteiger partial charge in [0.05, 0.1) is 22.3 Å². The molecule has 0 fully saturated rings. The van der Waals surface area contributed by atoms with Crippen LogP contribution in [0.2, 0.25) is 0 Å². The van der Waals surface area contributed by atoms with Gasteiger partial charge in [-0.2, -0.15) is 9.13 Å². The molecule has 0 amide bonds. The van der Waals surface area contributed by atoms with E-state index in [0.29, 0.717) is 49.4 Å². The normalized spacial score (nSPS) is 10.1. The van der Waals surface area contributed by atoms with E-state index in [0.717, 1.165) is 22.3 Å². The summed E-state index contributed by atoms with van der Waals surface area (Å²) in [6.45, 7) is 0.769. The minimum Gasteiger partial charge on any atom is -0.870 e. The SMILES string of the molecule is O.O=C([O-])C[n+]1cccc(COc2ccc(OCc3ccc[n+](CC([O-])O)c3)cc2)c1.O=C([O-])C[n+]1cccc(COc2ccc(OCc3ccc[n+](CC([O-])O)c3)cc2)c1.[La+3].[La+3].[La+3].[OH-].[OH-].[OH3+].[OH3+].[OH3+]. The molecule has 15 N–H and O–H groups in total. The molecular weight excluding hydrogens is 1290 g/mol. The number of aliphatic hydroxyl groups excluding tert-OH is 2. The van der Waals surface area contributed by atoms with Gasteiger partial charge in [-0.15, -0.1) is 0 Å². The van der Waals surface area contributed by atoms with Crippen molar-refractivity contribution < 1.29 is 217 Å². The van der Waals surface area contributed by atoms with Gasteiger partial charge in [0.1, 0.15) is 61.4 Å². The van der Waals surface area contributed by atoms with E-state index in [1.54, 1.807) is 132 Å². The Balaban J connectivity index is -0.000000350. The molecule has 0 spiro atoms. The van der Waals surface area contributed by atoms with Crippen LogP contribution in [0, 0.1) is 107 Å². The third-order valence-corrected chi connectivity index (χ3v) is 8.30. The monoisotopic (exact) mass is 1350 g/mol. The molecule has 4 heterocycles. The van der Waals surface area contributed by atoms with E-state index in [4.69, 9.17) is 29.2 Å². The number of hydrogen-bond donors (Lipinski definition) is 2. The van der Waals surface area contributed by atoms with Gasteiger partial charge in [-0.1, -0.05) is 0 Å². The fourth-order valence-electron chi connectivity index (χ4n) is 5.66. The number of hydrogen-bond acceptors (Lipinski definition) is 14. The van der Waals surface area contributed by atoms with Crippen molar-refractivity contribution in [3.05, 3.63) is 169 Å². The number of aliphatic hydroxyl groups is 2. The number of benzene rings is 2. The van der Waals surface area contributed by atoms with E-state index in [2.05, 4.69) is 0 Å². The number of carbonyl (C=O) groups is 2. The maximum absolute atomic E-state index is 10.9. The maximum Gasteiger partial charge on any atom is 3.00 e. The number of carboxylic acids is 2. The summed E-state index contributed by atoms with van der Waals surface area (Å²) in [6.07, 6.45) is 10.3. The second-order valence-corrected chi connectivity index (χ2v) is 13.3.